The number of thioether (sulfide) groups is 1. The Hall–Kier alpha value is -4.06. The minimum absolute atomic E-state index is 0.264. The molecular weight excluding hydrogens is 610 g/mol. The number of carbonyl (C=O) groups is 3. The number of imide groups is 1. The van der Waals surface area contributed by atoms with Crippen LogP contribution in [-0.2, 0) is 20.9 Å². The van der Waals surface area contributed by atoms with E-state index in [4.69, 9.17) is 21.1 Å². The van der Waals surface area contributed by atoms with Gasteiger partial charge in [0.2, 0.25) is 17.7 Å². The molecule has 9 nitrogen and oxygen atoms in total. The lowest BCUT2D eigenvalue weighted by Gasteiger charge is -2.31. The Balaban J connectivity index is 1.43. The quantitative estimate of drug-likeness (QED) is 0.274. The second kappa shape index (κ2) is 11.6. The van der Waals surface area contributed by atoms with E-state index < -0.39 is 23.0 Å². The van der Waals surface area contributed by atoms with E-state index >= 15 is 0 Å². The van der Waals surface area contributed by atoms with Crippen LogP contribution in [0.4, 0.5) is 11.4 Å². The van der Waals surface area contributed by atoms with Gasteiger partial charge in [-0.05, 0) is 61.0 Å². The summed E-state index contributed by atoms with van der Waals surface area (Å²) in [5, 5.41) is 3.01. The highest BCUT2D eigenvalue weighted by atomic mass is 35.5. The molecule has 0 bridgehead atoms. The number of amides is 3. The van der Waals surface area contributed by atoms with Gasteiger partial charge in [-0.25, -0.2) is 4.90 Å². The van der Waals surface area contributed by atoms with Crippen molar-refractivity contribution < 1.29 is 23.9 Å². The van der Waals surface area contributed by atoms with Crippen molar-refractivity contribution in [2.75, 3.05) is 24.4 Å². The fraction of sp³-hybridized carbons (Fsp3) is 0.226. The predicted molar refractivity (Wildman–Crippen MR) is 167 cm³/mol. The highest BCUT2D eigenvalue weighted by Gasteiger charge is 2.57. The van der Waals surface area contributed by atoms with Crippen LogP contribution in [0.3, 0.4) is 0 Å². The maximum atomic E-state index is 14.1. The van der Waals surface area contributed by atoms with E-state index in [0.717, 1.165) is 28.7 Å². The lowest BCUT2D eigenvalue weighted by molar-refractivity contribution is -0.122. The van der Waals surface area contributed by atoms with Crippen molar-refractivity contribution in [2.24, 2.45) is 5.92 Å². The van der Waals surface area contributed by atoms with Gasteiger partial charge in [0.05, 0.1) is 30.9 Å². The number of hydrogen-bond donors (Lipinski definition) is 1. The molecule has 0 aliphatic carbocycles. The number of methoxy groups -OCH3 is 2. The molecule has 6 rings (SSSR count). The lowest BCUT2D eigenvalue weighted by atomic mass is 9.83. The Morgan fingerprint density at radius 2 is 1.63 bits per heavy atom. The zero-order valence-corrected chi connectivity index (χ0v) is 25.7. The molecule has 3 heterocycles. The summed E-state index contributed by atoms with van der Waals surface area (Å²) < 4.78 is 12.3. The average molecular weight is 636 g/mol. The van der Waals surface area contributed by atoms with Crippen LogP contribution in [0.25, 0.3) is 0 Å². The zero-order chi connectivity index (χ0) is 30.4. The summed E-state index contributed by atoms with van der Waals surface area (Å²) in [6, 6.07) is 19.2. The molecule has 1 fully saturated rings. The summed E-state index contributed by atoms with van der Waals surface area (Å²) >= 11 is 8.10. The Labute approximate surface area is 260 Å². The predicted octanol–water partition coefficient (Wildman–Crippen LogP) is 5.32. The summed E-state index contributed by atoms with van der Waals surface area (Å²) in [6.07, 6.45) is 0. The molecule has 1 N–H and O–H groups in total. The Kier molecular flexibility index (Phi) is 7.80. The third-order valence-electron chi connectivity index (χ3n) is 7.54. The highest BCUT2D eigenvalue weighted by Crippen LogP contribution is 2.54. The number of benzene rings is 3. The molecule has 12 heteroatoms. The molecule has 2 unspecified atom stereocenters. The topological polar surface area (TPSA) is 107 Å². The van der Waals surface area contributed by atoms with E-state index in [2.05, 4.69) is 5.32 Å². The molecule has 43 heavy (non-hydrogen) atoms. The molecule has 0 saturated carbocycles. The van der Waals surface area contributed by atoms with Crippen LogP contribution in [0.1, 0.15) is 21.9 Å². The van der Waals surface area contributed by atoms with Gasteiger partial charge in [-0.15, -0.1) is 0 Å². The fourth-order valence-electron chi connectivity index (χ4n) is 5.49. The third-order valence-corrected chi connectivity index (χ3v) is 10.4. The summed E-state index contributed by atoms with van der Waals surface area (Å²) in [7, 11) is 3.05. The molecule has 220 valence electrons. The van der Waals surface area contributed by atoms with Gasteiger partial charge < -0.3 is 14.8 Å². The monoisotopic (exact) mass is 635 g/mol. The van der Waals surface area contributed by atoms with Crippen LogP contribution in [0.5, 0.6) is 11.5 Å². The molecule has 4 aromatic rings. The first-order chi connectivity index (χ1) is 20.7. The first-order valence-electron chi connectivity index (χ1n) is 13.3. The summed E-state index contributed by atoms with van der Waals surface area (Å²) in [5.41, 5.74) is 2.72. The fourth-order valence-corrected chi connectivity index (χ4v) is 8.39. The van der Waals surface area contributed by atoms with Crippen molar-refractivity contribution in [3.63, 3.8) is 0 Å². The highest BCUT2D eigenvalue weighted by molar-refractivity contribution is 8.00. The van der Waals surface area contributed by atoms with Gasteiger partial charge in [0, 0.05) is 21.5 Å². The zero-order valence-electron chi connectivity index (χ0n) is 23.3. The van der Waals surface area contributed by atoms with Crippen molar-refractivity contribution in [1.82, 2.24) is 4.57 Å². The Morgan fingerprint density at radius 1 is 0.930 bits per heavy atom. The first-order valence-corrected chi connectivity index (χ1v) is 15.4. The molecule has 3 aromatic carbocycles. The average Bonchev–Trinajstić information content (AvgIpc) is 3.44. The minimum Gasteiger partial charge on any atom is -0.493 e. The SMILES string of the molecule is COc1ccc([C@@H]2c3sc(=O)n(CC(=O)Nc4ccc(Cl)cc4)c3SC3C(=O)N(c4ccc(C)cc4)C(=O)C32)cc1OC. The van der Waals surface area contributed by atoms with Gasteiger partial charge in [0.15, 0.2) is 11.5 Å². The van der Waals surface area contributed by atoms with E-state index in [-0.39, 0.29) is 23.2 Å². The van der Waals surface area contributed by atoms with Gasteiger partial charge >= 0.3 is 4.87 Å². The molecule has 0 spiro atoms. The Morgan fingerprint density at radius 3 is 2.30 bits per heavy atom. The van der Waals surface area contributed by atoms with Crippen LogP contribution in [0.2, 0.25) is 5.02 Å². The number of rotatable bonds is 7. The molecule has 3 atom stereocenters. The van der Waals surface area contributed by atoms with Crippen molar-refractivity contribution in [3.8, 4) is 11.5 Å². The number of nitrogens with one attached hydrogen (secondary N) is 1. The smallest absolute Gasteiger partial charge is 0.308 e. The molecule has 2 aliphatic rings. The maximum Gasteiger partial charge on any atom is 0.308 e. The Bertz CT molecular complexity index is 1800. The number of ether oxygens (including phenoxy) is 2. The maximum absolute atomic E-state index is 14.1. The molecule has 1 saturated heterocycles. The van der Waals surface area contributed by atoms with Gasteiger partial charge in [-0.3, -0.25) is 23.7 Å². The third kappa shape index (κ3) is 5.21. The van der Waals surface area contributed by atoms with Crippen LogP contribution in [0, 0.1) is 12.8 Å². The molecule has 0 radical (unpaired) electrons. The van der Waals surface area contributed by atoms with Gasteiger partial charge in [-0.1, -0.05) is 58.5 Å². The van der Waals surface area contributed by atoms with Crippen LogP contribution in [0.15, 0.2) is 76.6 Å². The van der Waals surface area contributed by atoms with Crippen LogP contribution < -0.4 is 24.6 Å². The molecular formula is C31H26ClN3O6S2. The number of aromatic nitrogens is 1. The number of anilines is 2. The van der Waals surface area contributed by atoms with E-state index in [9.17, 15) is 19.2 Å². The van der Waals surface area contributed by atoms with Crippen molar-refractivity contribution >= 4 is 63.8 Å². The van der Waals surface area contributed by atoms with Crippen LogP contribution in [-0.4, -0.2) is 41.8 Å². The molecule has 1 aromatic heterocycles. The van der Waals surface area contributed by atoms with Crippen molar-refractivity contribution in [3.05, 3.63) is 97.4 Å². The van der Waals surface area contributed by atoms with Gasteiger partial charge in [0.25, 0.3) is 0 Å². The van der Waals surface area contributed by atoms with E-state index in [0.29, 0.717) is 43.4 Å². The summed E-state index contributed by atoms with van der Waals surface area (Å²) in [4.78, 5) is 55.9. The summed E-state index contributed by atoms with van der Waals surface area (Å²) in [6.45, 7) is 1.67. The van der Waals surface area contributed by atoms with Crippen LogP contribution >= 0.6 is 34.7 Å². The first kappa shape index (κ1) is 29.0. The largest absolute Gasteiger partial charge is 0.493 e. The van der Waals surface area contributed by atoms with Gasteiger partial charge in [-0.2, -0.15) is 0 Å². The molecule has 3 amide bonds. The second-order valence-electron chi connectivity index (χ2n) is 10.2. The van der Waals surface area contributed by atoms with E-state index in [1.54, 1.807) is 48.5 Å². The standard InChI is InChI=1S/C31H26ClN3O6S2/c1-16-4-11-20(12-5-16)35-28(37)25-24(17-6-13-21(40-2)22(14-17)41-3)27-30(42-26(25)29(35)38)34(31(39)43-27)15-23(36)33-19-9-7-18(32)8-10-19/h4-14,24-26H,15H2,1-3H3,(H,33,36)/t24-,25?,26?/m0/s1. The van der Waals surface area contributed by atoms with Gasteiger partial charge in [0.1, 0.15) is 11.8 Å². The number of fused-ring (bicyclic) bond motifs is 2. The number of nitrogens with zero attached hydrogens (tertiary/aromatic N) is 2. The van der Waals surface area contributed by atoms with E-state index in [1.165, 1.54) is 23.7 Å². The second-order valence-corrected chi connectivity index (χ2v) is 12.7. The normalized spacial score (nSPS) is 19.2. The van der Waals surface area contributed by atoms with Crippen molar-refractivity contribution in [2.45, 2.75) is 29.7 Å². The summed E-state index contributed by atoms with van der Waals surface area (Å²) in [5.74, 6) is -1.57. The van der Waals surface area contributed by atoms with E-state index in [1.807, 2.05) is 25.1 Å². The number of carbonyl (C=O) groups excluding carboxylic acids is 3. The number of hydrogen-bond acceptors (Lipinski definition) is 8. The minimum atomic E-state index is -0.807. The molecule has 2 aliphatic heterocycles. The number of thiazole rings is 1. The lowest BCUT2D eigenvalue weighted by Crippen LogP contribution is -2.33. The number of aryl methyl sites for hydroxylation is 1. The van der Waals surface area contributed by atoms with Crippen molar-refractivity contribution in [1.29, 1.82) is 0 Å². The number of halogens is 1.